The fourth-order valence-corrected chi connectivity index (χ4v) is 3.10. The monoisotopic (exact) mass is 234 g/mol. The Balaban J connectivity index is 1.91. The third-order valence-electron chi connectivity index (χ3n) is 4.07. The Morgan fingerprint density at radius 3 is 2.24 bits per heavy atom. The van der Waals surface area contributed by atoms with E-state index in [4.69, 9.17) is 14.2 Å². The highest BCUT2D eigenvalue weighted by Crippen LogP contribution is 2.63. The number of methoxy groups -OCH3 is 2. The molecule has 3 nitrogen and oxygen atoms in total. The minimum atomic E-state index is -0.504. The largest absolute Gasteiger partial charge is 0.497 e. The molecule has 0 N–H and O–H groups in total. The molecule has 92 valence electrons. The lowest BCUT2D eigenvalue weighted by molar-refractivity contribution is -0.0150. The van der Waals surface area contributed by atoms with Gasteiger partial charge in [0.2, 0.25) is 5.79 Å². The molecule has 1 atom stereocenters. The SMILES string of the molecule is COc1ccc(C2(OC)OC23CCCC3)cc1. The van der Waals surface area contributed by atoms with E-state index in [1.165, 1.54) is 12.8 Å². The molecule has 17 heavy (non-hydrogen) atoms. The topological polar surface area (TPSA) is 31.0 Å². The van der Waals surface area contributed by atoms with Crippen molar-refractivity contribution in [3.05, 3.63) is 29.8 Å². The van der Waals surface area contributed by atoms with Crippen LogP contribution in [0.1, 0.15) is 31.2 Å². The maximum atomic E-state index is 6.00. The van der Waals surface area contributed by atoms with Crippen LogP contribution in [0.2, 0.25) is 0 Å². The number of hydrogen-bond acceptors (Lipinski definition) is 3. The second kappa shape index (κ2) is 3.72. The molecule has 3 rings (SSSR count). The van der Waals surface area contributed by atoms with Crippen molar-refractivity contribution in [3.8, 4) is 5.75 Å². The molecular formula is C14H18O3. The quantitative estimate of drug-likeness (QED) is 0.753. The van der Waals surface area contributed by atoms with E-state index < -0.39 is 5.79 Å². The molecule has 1 saturated heterocycles. The fraction of sp³-hybridized carbons (Fsp3) is 0.571. The average molecular weight is 234 g/mol. The van der Waals surface area contributed by atoms with Crippen LogP contribution >= 0.6 is 0 Å². The van der Waals surface area contributed by atoms with Crippen LogP contribution in [-0.4, -0.2) is 19.8 Å². The van der Waals surface area contributed by atoms with E-state index in [2.05, 4.69) is 0 Å². The zero-order chi connectivity index (χ0) is 11.9. The third-order valence-corrected chi connectivity index (χ3v) is 4.07. The zero-order valence-corrected chi connectivity index (χ0v) is 10.4. The van der Waals surface area contributed by atoms with Crippen LogP contribution in [0.15, 0.2) is 24.3 Å². The van der Waals surface area contributed by atoms with Crippen molar-refractivity contribution in [1.82, 2.24) is 0 Å². The van der Waals surface area contributed by atoms with Crippen LogP contribution in [0.3, 0.4) is 0 Å². The molecule has 1 aliphatic heterocycles. The summed E-state index contributed by atoms with van der Waals surface area (Å²) in [6.45, 7) is 0. The molecule has 1 aromatic rings. The van der Waals surface area contributed by atoms with Crippen LogP contribution in [0, 0.1) is 0 Å². The number of rotatable bonds is 3. The van der Waals surface area contributed by atoms with E-state index in [-0.39, 0.29) is 5.60 Å². The molecule has 1 saturated carbocycles. The van der Waals surface area contributed by atoms with Crippen molar-refractivity contribution >= 4 is 0 Å². The van der Waals surface area contributed by atoms with E-state index >= 15 is 0 Å². The Morgan fingerprint density at radius 2 is 1.71 bits per heavy atom. The Kier molecular flexibility index (Phi) is 2.42. The summed E-state index contributed by atoms with van der Waals surface area (Å²) in [5.41, 5.74) is 1.04. The van der Waals surface area contributed by atoms with Gasteiger partial charge in [0.1, 0.15) is 11.4 Å². The number of hydrogen-bond donors (Lipinski definition) is 0. The standard InChI is InChI=1S/C14H18O3/c1-15-12-7-5-11(6-8-12)14(16-2)13(17-14)9-3-4-10-13/h5-8H,3-4,9-10H2,1-2H3. The molecule has 0 aromatic heterocycles. The molecule has 1 unspecified atom stereocenters. The van der Waals surface area contributed by atoms with Crippen molar-refractivity contribution < 1.29 is 14.2 Å². The van der Waals surface area contributed by atoms with Gasteiger partial charge in [0.25, 0.3) is 0 Å². The molecule has 0 amide bonds. The summed E-state index contributed by atoms with van der Waals surface area (Å²) in [6, 6.07) is 7.99. The van der Waals surface area contributed by atoms with Crippen molar-refractivity contribution in [3.63, 3.8) is 0 Å². The van der Waals surface area contributed by atoms with Gasteiger partial charge in [0.05, 0.1) is 7.11 Å². The van der Waals surface area contributed by atoms with Gasteiger partial charge in [0.15, 0.2) is 0 Å². The minimum Gasteiger partial charge on any atom is -0.497 e. The van der Waals surface area contributed by atoms with Crippen LogP contribution < -0.4 is 4.74 Å². The van der Waals surface area contributed by atoms with Gasteiger partial charge in [-0.2, -0.15) is 0 Å². The van der Waals surface area contributed by atoms with Gasteiger partial charge in [-0.1, -0.05) is 12.8 Å². The first-order valence-electron chi connectivity index (χ1n) is 6.16. The minimum absolute atomic E-state index is 0.0592. The van der Waals surface area contributed by atoms with Crippen molar-refractivity contribution in [1.29, 1.82) is 0 Å². The second-order valence-electron chi connectivity index (χ2n) is 4.85. The smallest absolute Gasteiger partial charge is 0.225 e. The Labute approximate surface area is 102 Å². The van der Waals surface area contributed by atoms with Gasteiger partial charge in [0, 0.05) is 12.7 Å². The highest BCUT2D eigenvalue weighted by molar-refractivity contribution is 5.36. The molecule has 2 aliphatic rings. The molecule has 1 aromatic carbocycles. The first-order chi connectivity index (χ1) is 8.26. The normalized spacial score (nSPS) is 29.5. The van der Waals surface area contributed by atoms with Crippen LogP contribution in [0.5, 0.6) is 5.75 Å². The number of epoxide rings is 1. The molecule has 1 spiro atoms. The lowest BCUT2D eigenvalue weighted by Gasteiger charge is -2.15. The Bertz CT molecular complexity index is 406. The first-order valence-corrected chi connectivity index (χ1v) is 6.16. The maximum absolute atomic E-state index is 6.00. The van der Waals surface area contributed by atoms with Gasteiger partial charge in [-0.05, 0) is 37.1 Å². The van der Waals surface area contributed by atoms with Crippen LogP contribution in [-0.2, 0) is 15.3 Å². The van der Waals surface area contributed by atoms with E-state index in [0.717, 1.165) is 24.2 Å². The lowest BCUT2D eigenvalue weighted by Crippen LogP contribution is -2.23. The zero-order valence-electron chi connectivity index (χ0n) is 10.4. The van der Waals surface area contributed by atoms with Gasteiger partial charge < -0.3 is 14.2 Å². The van der Waals surface area contributed by atoms with Crippen LogP contribution in [0.25, 0.3) is 0 Å². The Hall–Kier alpha value is -1.06. The summed E-state index contributed by atoms with van der Waals surface area (Å²) < 4.78 is 16.9. The predicted molar refractivity (Wildman–Crippen MR) is 64.0 cm³/mol. The highest BCUT2D eigenvalue weighted by atomic mass is 16.8. The van der Waals surface area contributed by atoms with Gasteiger partial charge >= 0.3 is 0 Å². The van der Waals surface area contributed by atoms with Gasteiger partial charge in [-0.25, -0.2) is 0 Å². The predicted octanol–water partition coefficient (Wildman–Crippen LogP) is 2.84. The number of ether oxygens (including phenoxy) is 3. The van der Waals surface area contributed by atoms with E-state index in [1.807, 2.05) is 24.3 Å². The first kappa shape index (κ1) is 11.1. The summed E-state index contributed by atoms with van der Waals surface area (Å²) in [4.78, 5) is 0. The van der Waals surface area contributed by atoms with Crippen molar-refractivity contribution in [2.75, 3.05) is 14.2 Å². The summed E-state index contributed by atoms with van der Waals surface area (Å²) in [6.07, 6.45) is 4.68. The molecule has 0 radical (unpaired) electrons. The van der Waals surface area contributed by atoms with Crippen LogP contribution in [0.4, 0.5) is 0 Å². The van der Waals surface area contributed by atoms with E-state index in [1.54, 1.807) is 14.2 Å². The molecule has 2 fully saturated rings. The fourth-order valence-electron chi connectivity index (χ4n) is 3.10. The third kappa shape index (κ3) is 1.42. The summed E-state index contributed by atoms with van der Waals surface area (Å²) in [5, 5.41) is 0. The Morgan fingerprint density at radius 1 is 1.06 bits per heavy atom. The second-order valence-corrected chi connectivity index (χ2v) is 4.85. The molecular weight excluding hydrogens is 216 g/mol. The lowest BCUT2D eigenvalue weighted by atomic mass is 9.94. The average Bonchev–Trinajstić information content (AvgIpc) is 2.76. The molecule has 0 bridgehead atoms. The molecule has 1 heterocycles. The van der Waals surface area contributed by atoms with E-state index in [9.17, 15) is 0 Å². The van der Waals surface area contributed by atoms with Crippen molar-refractivity contribution in [2.45, 2.75) is 37.1 Å². The highest BCUT2D eigenvalue weighted by Gasteiger charge is 2.72. The molecule has 3 heteroatoms. The van der Waals surface area contributed by atoms with Gasteiger partial charge in [-0.3, -0.25) is 0 Å². The van der Waals surface area contributed by atoms with Crippen molar-refractivity contribution in [2.24, 2.45) is 0 Å². The molecule has 1 aliphatic carbocycles. The summed E-state index contributed by atoms with van der Waals surface area (Å²) >= 11 is 0. The van der Waals surface area contributed by atoms with Gasteiger partial charge in [-0.15, -0.1) is 0 Å². The summed E-state index contributed by atoms with van der Waals surface area (Å²) in [5.74, 6) is 0.358. The summed E-state index contributed by atoms with van der Waals surface area (Å²) in [7, 11) is 3.41. The van der Waals surface area contributed by atoms with E-state index in [0.29, 0.717) is 0 Å². The maximum Gasteiger partial charge on any atom is 0.225 e. The number of benzene rings is 1.